The first-order valence-electron chi connectivity index (χ1n) is 11.7. The quantitative estimate of drug-likeness (QED) is 0.513. The molecule has 3 aromatic rings. The molecule has 1 amide bonds. The van der Waals surface area contributed by atoms with Crippen molar-refractivity contribution in [2.45, 2.75) is 58.1 Å². The molecule has 0 saturated carbocycles. The van der Waals surface area contributed by atoms with Gasteiger partial charge >= 0.3 is 0 Å². The second-order valence-electron chi connectivity index (χ2n) is 8.81. The molecule has 1 aliphatic carbocycles. The highest BCUT2D eigenvalue weighted by molar-refractivity contribution is 7.09. The third-order valence-corrected chi connectivity index (χ3v) is 7.45. The van der Waals surface area contributed by atoms with E-state index in [4.69, 9.17) is 9.47 Å². The number of aromatic amines is 1. The van der Waals surface area contributed by atoms with Crippen LogP contribution in [0.2, 0.25) is 0 Å². The van der Waals surface area contributed by atoms with Crippen LogP contribution in [-0.4, -0.2) is 51.9 Å². The molecule has 1 saturated heterocycles. The number of aromatic nitrogens is 3. The number of ether oxygens (including phenoxy) is 2. The SMILES string of the molecule is Cc1ncsc1CCOc1cccc(CN(C[C@H]2CCCO2)C(=O)c2n[nH]c3c2CCC3)c1. The van der Waals surface area contributed by atoms with Gasteiger partial charge in [0.25, 0.3) is 5.91 Å². The lowest BCUT2D eigenvalue weighted by molar-refractivity contribution is 0.0502. The van der Waals surface area contributed by atoms with Crippen molar-refractivity contribution in [1.82, 2.24) is 20.1 Å². The molecule has 7 nitrogen and oxygen atoms in total. The van der Waals surface area contributed by atoms with Crippen LogP contribution in [0.4, 0.5) is 0 Å². The number of thiazole rings is 1. The molecule has 1 aliphatic heterocycles. The van der Waals surface area contributed by atoms with Crippen LogP contribution in [0, 0.1) is 6.92 Å². The first-order chi connectivity index (χ1) is 16.2. The molecule has 0 spiro atoms. The Morgan fingerprint density at radius 2 is 2.27 bits per heavy atom. The monoisotopic (exact) mass is 466 g/mol. The highest BCUT2D eigenvalue weighted by Gasteiger charge is 2.29. The molecule has 8 heteroatoms. The summed E-state index contributed by atoms with van der Waals surface area (Å²) in [5, 5.41) is 7.45. The van der Waals surface area contributed by atoms with Gasteiger partial charge in [0.2, 0.25) is 0 Å². The fourth-order valence-electron chi connectivity index (χ4n) is 4.68. The highest BCUT2D eigenvalue weighted by atomic mass is 32.1. The van der Waals surface area contributed by atoms with Crippen LogP contribution < -0.4 is 4.74 Å². The van der Waals surface area contributed by atoms with Gasteiger partial charge in [-0.2, -0.15) is 5.10 Å². The summed E-state index contributed by atoms with van der Waals surface area (Å²) in [5.41, 5.74) is 6.77. The maximum absolute atomic E-state index is 13.5. The van der Waals surface area contributed by atoms with Gasteiger partial charge in [-0.1, -0.05) is 12.1 Å². The summed E-state index contributed by atoms with van der Waals surface area (Å²) in [7, 11) is 0. The molecule has 174 valence electrons. The van der Waals surface area contributed by atoms with E-state index in [1.807, 2.05) is 41.6 Å². The second-order valence-corrected chi connectivity index (χ2v) is 9.75. The van der Waals surface area contributed by atoms with Gasteiger partial charge in [0.15, 0.2) is 5.69 Å². The van der Waals surface area contributed by atoms with Gasteiger partial charge in [0.1, 0.15) is 5.75 Å². The molecule has 0 radical (unpaired) electrons. The number of carbonyl (C=O) groups is 1. The summed E-state index contributed by atoms with van der Waals surface area (Å²) in [6.45, 7) is 4.49. The van der Waals surface area contributed by atoms with E-state index < -0.39 is 0 Å². The topological polar surface area (TPSA) is 80.3 Å². The summed E-state index contributed by atoms with van der Waals surface area (Å²) in [6, 6.07) is 8.04. The first kappa shape index (κ1) is 22.1. The van der Waals surface area contributed by atoms with E-state index in [0.717, 1.165) is 73.4 Å². The Bertz CT molecular complexity index is 1100. The molecule has 0 bridgehead atoms. The molecule has 3 heterocycles. The molecule has 1 N–H and O–H groups in total. The van der Waals surface area contributed by atoms with E-state index in [9.17, 15) is 4.79 Å². The third kappa shape index (κ3) is 5.12. The average Bonchev–Trinajstić information content (AvgIpc) is 3.60. The second kappa shape index (κ2) is 10.1. The predicted molar refractivity (Wildman–Crippen MR) is 127 cm³/mol. The summed E-state index contributed by atoms with van der Waals surface area (Å²) >= 11 is 1.67. The Morgan fingerprint density at radius 3 is 3.09 bits per heavy atom. The lowest BCUT2D eigenvalue weighted by Crippen LogP contribution is -2.37. The van der Waals surface area contributed by atoms with E-state index in [0.29, 0.717) is 25.4 Å². The van der Waals surface area contributed by atoms with Crippen molar-refractivity contribution < 1.29 is 14.3 Å². The summed E-state index contributed by atoms with van der Waals surface area (Å²) in [5.74, 6) is 0.803. The molecule has 1 fully saturated rings. The number of fused-ring (bicyclic) bond motifs is 1. The Labute approximate surface area is 198 Å². The first-order valence-corrected chi connectivity index (χ1v) is 12.6. The Balaban J connectivity index is 1.28. The maximum atomic E-state index is 13.5. The largest absolute Gasteiger partial charge is 0.493 e. The van der Waals surface area contributed by atoms with E-state index in [2.05, 4.69) is 15.2 Å². The predicted octanol–water partition coefficient (Wildman–Crippen LogP) is 4.11. The van der Waals surface area contributed by atoms with Crippen molar-refractivity contribution in [2.75, 3.05) is 19.8 Å². The lowest BCUT2D eigenvalue weighted by atomic mass is 10.1. The number of H-pyrrole nitrogens is 1. The number of hydrogen-bond acceptors (Lipinski definition) is 6. The number of nitrogens with zero attached hydrogens (tertiary/aromatic N) is 3. The summed E-state index contributed by atoms with van der Waals surface area (Å²) in [6.07, 6.45) is 5.94. The minimum atomic E-state index is -0.0168. The average molecular weight is 467 g/mol. The van der Waals surface area contributed by atoms with Crippen molar-refractivity contribution >= 4 is 17.2 Å². The molecule has 1 atom stereocenters. The van der Waals surface area contributed by atoms with Crippen LogP contribution in [0.5, 0.6) is 5.75 Å². The van der Waals surface area contributed by atoms with Crippen LogP contribution in [0.1, 0.15) is 57.1 Å². The normalized spacial score (nSPS) is 17.3. The molecular weight excluding hydrogens is 436 g/mol. The molecule has 1 aromatic carbocycles. The van der Waals surface area contributed by atoms with Crippen LogP contribution in [0.25, 0.3) is 0 Å². The van der Waals surface area contributed by atoms with Gasteiger partial charge in [0, 0.05) is 42.3 Å². The van der Waals surface area contributed by atoms with Crippen molar-refractivity contribution in [1.29, 1.82) is 0 Å². The number of nitrogens with one attached hydrogen (secondary N) is 1. The van der Waals surface area contributed by atoms with Crippen molar-refractivity contribution in [3.8, 4) is 5.75 Å². The van der Waals surface area contributed by atoms with Crippen LogP contribution in [0.3, 0.4) is 0 Å². The van der Waals surface area contributed by atoms with Gasteiger partial charge < -0.3 is 14.4 Å². The van der Waals surface area contributed by atoms with E-state index in [1.165, 1.54) is 4.88 Å². The molecule has 2 aromatic heterocycles. The summed E-state index contributed by atoms with van der Waals surface area (Å²) in [4.78, 5) is 21.0. The zero-order chi connectivity index (χ0) is 22.6. The number of carbonyl (C=O) groups excluding carboxylic acids is 1. The van der Waals surface area contributed by atoms with Gasteiger partial charge in [-0.15, -0.1) is 11.3 Å². The van der Waals surface area contributed by atoms with E-state index >= 15 is 0 Å². The third-order valence-electron chi connectivity index (χ3n) is 6.46. The Morgan fingerprint density at radius 1 is 1.33 bits per heavy atom. The molecular formula is C25H30N4O3S. The maximum Gasteiger partial charge on any atom is 0.275 e. The minimum absolute atomic E-state index is 0.0168. The molecule has 0 unspecified atom stereocenters. The number of rotatable bonds is 9. The Hall–Kier alpha value is -2.71. The van der Waals surface area contributed by atoms with Crippen LogP contribution in [0.15, 0.2) is 29.8 Å². The van der Waals surface area contributed by atoms with Gasteiger partial charge in [-0.3, -0.25) is 9.89 Å². The zero-order valence-electron chi connectivity index (χ0n) is 19.0. The fraction of sp³-hybridized carbons (Fsp3) is 0.480. The van der Waals surface area contributed by atoms with Gasteiger partial charge in [0.05, 0.1) is 23.9 Å². The minimum Gasteiger partial charge on any atom is -0.493 e. The number of aryl methyl sites for hydroxylation is 2. The standard InChI is InChI=1S/C25H30N4O3S/c1-17-23(33-16-26-17)10-12-32-19-6-2-5-18(13-19)14-29(15-20-7-4-11-31-20)25(30)24-21-8-3-9-22(21)27-28-24/h2,5-6,13,16,20H,3-4,7-12,14-15H2,1H3,(H,27,28)/t20-/m1/s1. The smallest absolute Gasteiger partial charge is 0.275 e. The Kier molecular flexibility index (Phi) is 6.73. The molecule has 33 heavy (non-hydrogen) atoms. The van der Waals surface area contributed by atoms with Crippen molar-refractivity contribution in [3.05, 3.63) is 62.9 Å². The lowest BCUT2D eigenvalue weighted by Gasteiger charge is -2.25. The molecule has 2 aliphatic rings. The van der Waals surface area contributed by atoms with Crippen molar-refractivity contribution in [3.63, 3.8) is 0 Å². The van der Waals surface area contributed by atoms with Gasteiger partial charge in [-0.05, 0) is 56.7 Å². The molecule has 5 rings (SSSR count). The van der Waals surface area contributed by atoms with Crippen LogP contribution in [-0.2, 0) is 30.5 Å². The summed E-state index contributed by atoms with van der Waals surface area (Å²) < 4.78 is 11.9. The zero-order valence-corrected chi connectivity index (χ0v) is 19.8. The number of hydrogen-bond donors (Lipinski definition) is 1. The van der Waals surface area contributed by atoms with Gasteiger partial charge in [-0.25, -0.2) is 4.98 Å². The fourth-order valence-corrected chi connectivity index (χ4v) is 5.44. The number of benzene rings is 1. The van der Waals surface area contributed by atoms with E-state index in [1.54, 1.807) is 11.3 Å². The van der Waals surface area contributed by atoms with E-state index in [-0.39, 0.29) is 12.0 Å². The highest BCUT2D eigenvalue weighted by Crippen LogP contribution is 2.26. The van der Waals surface area contributed by atoms with Crippen molar-refractivity contribution in [2.24, 2.45) is 0 Å². The number of amides is 1. The van der Waals surface area contributed by atoms with Crippen LogP contribution >= 0.6 is 11.3 Å².